The van der Waals surface area contributed by atoms with Crippen LogP contribution in [0.15, 0.2) is 17.1 Å². The standard InChI is InChI=1S/C48H92N8O5.C2HF3O2/c1-3-5-7-9-11-13-15-17-19-21-23-25-27-33-43(57)52-38-30-40-56(46(60)36-35-45(59)55-42(47(49)61)32-29-37-54-48(50)51)41-31-39-53-44(58)34-28-26-24-22-20-18-16-14-12-10-8-6-4-2;3-2(4,5)1(6)7/h35-36,42H,3-34,37-41H2,1-2H3,(H2,49,61)(H,52,57)(H,53,58)(H,55,59)(H4,50,51,54);(H,6,7)/b36-35-;/t42-;/m0./s1. The number of unbranched alkanes of at least 4 members (excludes halogenated alkanes) is 24. The van der Waals surface area contributed by atoms with E-state index in [2.05, 4.69) is 34.8 Å². The first kappa shape index (κ1) is 65.7. The van der Waals surface area contributed by atoms with Crippen molar-refractivity contribution in [3.05, 3.63) is 12.2 Å². The van der Waals surface area contributed by atoms with Crippen molar-refractivity contribution in [1.82, 2.24) is 20.9 Å². The van der Waals surface area contributed by atoms with Gasteiger partial charge in [0.25, 0.3) is 0 Å². The van der Waals surface area contributed by atoms with Gasteiger partial charge in [-0.1, -0.05) is 168 Å². The molecule has 0 aromatic rings. The summed E-state index contributed by atoms with van der Waals surface area (Å²) in [4.78, 5) is 77.2. The van der Waals surface area contributed by atoms with Gasteiger partial charge in [0.15, 0.2) is 5.96 Å². The second kappa shape index (κ2) is 46.4. The molecule has 0 aliphatic heterocycles. The fourth-order valence-corrected chi connectivity index (χ4v) is 7.37. The molecule has 18 heteroatoms. The number of nitrogens with two attached hydrogens (primary N) is 3. The van der Waals surface area contributed by atoms with Crippen molar-refractivity contribution in [2.24, 2.45) is 22.2 Å². The third-order valence-corrected chi connectivity index (χ3v) is 11.4. The van der Waals surface area contributed by atoms with E-state index in [4.69, 9.17) is 27.1 Å². The van der Waals surface area contributed by atoms with E-state index in [-0.39, 0.29) is 36.6 Å². The van der Waals surface area contributed by atoms with E-state index >= 15 is 0 Å². The summed E-state index contributed by atoms with van der Waals surface area (Å²) in [5, 5.41) is 15.6. The van der Waals surface area contributed by atoms with Gasteiger partial charge in [0.05, 0.1) is 0 Å². The highest BCUT2D eigenvalue weighted by molar-refractivity contribution is 5.98. The molecule has 0 aliphatic rings. The van der Waals surface area contributed by atoms with Crippen molar-refractivity contribution in [3.8, 4) is 0 Å². The smallest absolute Gasteiger partial charge is 0.475 e. The summed E-state index contributed by atoms with van der Waals surface area (Å²) in [5.41, 5.74) is 16.1. The molecule has 396 valence electrons. The molecule has 0 bridgehead atoms. The minimum atomic E-state index is -5.08. The molecule has 0 saturated heterocycles. The summed E-state index contributed by atoms with van der Waals surface area (Å²) >= 11 is 0. The van der Waals surface area contributed by atoms with E-state index in [9.17, 15) is 37.1 Å². The van der Waals surface area contributed by atoms with Gasteiger partial charge < -0.3 is 43.2 Å². The van der Waals surface area contributed by atoms with E-state index in [1.807, 2.05) is 0 Å². The average molecular weight is 975 g/mol. The number of carboxylic acids is 1. The number of carbonyl (C=O) groups excluding carboxylic acids is 5. The Kier molecular flexibility index (Phi) is 44.8. The fraction of sp³-hybridized carbons (Fsp3) is 0.820. The summed E-state index contributed by atoms with van der Waals surface area (Å²) in [7, 11) is 0. The normalized spacial score (nSPS) is 11.6. The van der Waals surface area contributed by atoms with Gasteiger partial charge in [-0.3, -0.25) is 29.0 Å². The lowest BCUT2D eigenvalue weighted by Gasteiger charge is -2.21. The molecular weight excluding hydrogens is 882 g/mol. The molecule has 5 amide bonds. The van der Waals surface area contributed by atoms with Crippen LogP contribution in [0.1, 0.15) is 219 Å². The number of halogens is 3. The zero-order valence-electron chi connectivity index (χ0n) is 42.1. The van der Waals surface area contributed by atoms with Gasteiger partial charge in [-0.2, -0.15) is 13.2 Å². The number of hydrogen-bond acceptors (Lipinski definition) is 7. The number of aliphatic imine (C=N–C) groups is 1. The molecule has 0 unspecified atom stereocenters. The topological polar surface area (TPSA) is 252 Å². The number of rotatable bonds is 44. The molecule has 0 aromatic heterocycles. The Balaban J connectivity index is 0. The number of aliphatic carboxylic acids is 1. The molecule has 0 aromatic carbocycles. The van der Waals surface area contributed by atoms with Crippen LogP contribution >= 0.6 is 0 Å². The van der Waals surface area contributed by atoms with Crippen LogP contribution < -0.4 is 33.2 Å². The quantitative estimate of drug-likeness (QED) is 0.0133. The number of primary amides is 1. The second-order valence-electron chi connectivity index (χ2n) is 17.8. The molecule has 0 aliphatic carbocycles. The van der Waals surface area contributed by atoms with Crippen molar-refractivity contribution in [2.45, 2.75) is 232 Å². The van der Waals surface area contributed by atoms with Crippen LogP contribution in [-0.2, 0) is 28.8 Å². The molecule has 0 fully saturated rings. The van der Waals surface area contributed by atoms with E-state index < -0.39 is 30.0 Å². The highest BCUT2D eigenvalue weighted by Gasteiger charge is 2.38. The van der Waals surface area contributed by atoms with Gasteiger partial charge >= 0.3 is 12.1 Å². The van der Waals surface area contributed by atoms with Crippen LogP contribution in [0, 0.1) is 0 Å². The molecule has 0 saturated carbocycles. The number of hydrogen-bond donors (Lipinski definition) is 7. The number of amides is 5. The maximum atomic E-state index is 13.3. The third kappa shape index (κ3) is 46.7. The fourth-order valence-electron chi connectivity index (χ4n) is 7.37. The zero-order valence-corrected chi connectivity index (χ0v) is 42.1. The zero-order chi connectivity index (χ0) is 51.1. The Bertz CT molecular complexity index is 1330. The first-order valence-electron chi connectivity index (χ1n) is 26.0. The summed E-state index contributed by atoms with van der Waals surface area (Å²) in [6.07, 6.45) is 32.6. The van der Waals surface area contributed by atoms with Gasteiger partial charge in [-0.25, -0.2) is 4.79 Å². The van der Waals surface area contributed by atoms with Gasteiger partial charge in [0.2, 0.25) is 29.5 Å². The number of nitrogens with one attached hydrogen (secondary N) is 3. The Morgan fingerprint density at radius 1 is 0.559 bits per heavy atom. The first-order valence-corrected chi connectivity index (χ1v) is 26.0. The first-order chi connectivity index (χ1) is 32.5. The van der Waals surface area contributed by atoms with Crippen LogP contribution in [0.3, 0.4) is 0 Å². The van der Waals surface area contributed by atoms with Crippen LogP contribution in [-0.4, -0.2) is 96.4 Å². The van der Waals surface area contributed by atoms with Gasteiger partial charge in [-0.05, 0) is 38.5 Å². The summed E-state index contributed by atoms with van der Waals surface area (Å²) in [5.74, 6) is -4.49. The van der Waals surface area contributed by atoms with E-state index in [0.29, 0.717) is 58.3 Å². The summed E-state index contributed by atoms with van der Waals surface area (Å²) in [6.45, 7) is 6.39. The molecule has 68 heavy (non-hydrogen) atoms. The molecule has 0 rings (SSSR count). The monoisotopic (exact) mass is 975 g/mol. The number of guanidine groups is 1. The minimum Gasteiger partial charge on any atom is -0.475 e. The lowest BCUT2D eigenvalue weighted by Crippen LogP contribution is -2.44. The van der Waals surface area contributed by atoms with Gasteiger partial charge in [0.1, 0.15) is 6.04 Å². The van der Waals surface area contributed by atoms with Crippen LogP contribution in [0.4, 0.5) is 13.2 Å². The molecule has 10 N–H and O–H groups in total. The number of alkyl halides is 3. The van der Waals surface area contributed by atoms with Gasteiger partial charge in [-0.15, -0.1) is 0 Å². The number of nitrogens with zero attached hydrogens (tertiary/aromatic N) is 2. The van der Waals surface area contributed by atoms with Crippen molar-refractivity contribution in [3.63, 3.8) is 0 Å². The Morgan fingerprint density at radius 3 is 1.24 bits per heavy atom. The summed E-state index contributed by atoms with van der Waals surface area (Å²) < 4.78 is 31.7. The number of carboxylic acid groups (broad SMARTS) is 1. The highest BCUT2D eigenvalue weighted by Crippen LogP contribution is 2.15. The maximum absolute atomic E-state index is 13.3. The predicted molar refractivity (Wildman–Crippen MR) is 266 cm³/mol. The molecular formula is C50H93F3N8O7. The Hall–Kier alpha value is -4.38. The third-order valence-electron chi connectivity index (χ3n) is 11.4. The maximum Gasteiger partial charge on any atom is 0.490 e. The van der Waals surface area contributed by atoms with E-state index in [0.717, 1.165) is 44.6 Å². The average Bonchev–Trinajstić information content (AvgIpc) is 3.28. The Morgan fingerprint density at radius 2 is 0.912 bits per heavy atom. The Labute approximate surface area is 407 Å². The van der Waals surface area contributed by atoms with E-state index in [1.54, 1.807) is 4.90 Å². The van der Waals surface area contributed by atoms with Crippen molar-refractivity contribution >= 4 is 41.5 Å². The highest BCUT2D eigenvalue weighted by atomic mass is 19.4. The lowest BCUT2D eigenvalue weighted by atomic mass is 10.0. The van der Waals surface area contributed by atoms with Crippen LogP contribution in [0.25, 0.3) is 0 Å². The molecule has 0 radical (unpaired) electrons. The number of carbonyl (C=O) groups is 6. The molecule has 1 atom stereocenters. The molecule has 15 nitrogen and oxygen atoms in total. The summed E-state index contributed by atoms with van der Waals surface area (Å²) in [6, 6.07) is -0.941. The van der Waals surface area contributed by atoms with E-state index in [1.165, 1.54) is 134 Å². The van der Waals surface area contributed by atoms with Crippen molar-refractivity contribution < 1.29 is 47.0 Å². The van der Waals surface area contributed by atoms with Gasteiger partial charge in [0, 0.05) is 57.7 Å². The largest absolute Gasteiger partial charge is 0.490 e. The van der Waals surface area contributed by atoms with Crippen molar-refractivity contribution in [1.29, 1.82) is 0 Å². The second-order valence-corrected chi connectivity index (χ2v) is 17.8. The lowest BCUT2D eigenvalue weighted by molar-refractivity contribution is -0.192. The van der Waals surface area contributed by atoms with Crippen molar-refractivity contribution in [2.75, 3.05) is 32.7 Å². The minimum absolute atomic E-state index is 0.0195. The SMILES string of the molecule is CCCCCCCCCCCCCCCC(=O)NCCCN(CCCNC(=O)CCCCCCCCCCCCCCC)C(=O)/C=C\C(=O)N[C@@H](CCCN=C(N)N)C(N)=O.O=C(O)C(F)(F)F. The predicted octanol–water partition coefficient (Wildman–Crippen LogP) is 9.00. The van der Waals surface area contributed by atoms with Crippen LogP contribution in [0.2, 0.25) is 0 Å². The molecule has 0 heterocycles. The molecule has 0 spiro atoms. The van der Waals surface area contributed by atoms with Crippen LogP contribution in [0.5, 0.6) is 0 Å².